The molecule has 4 nitrogen and oxygen atoms in total. The van der Waals surface area contributed by atoms with Crippen LogP contribution in [0.5, 0.6) is 0 Å². The van der Waals surface area contributed by atoms with E-state index in [-0.39, 0.29) is 12.0 Å². The second-order valence-electron chi connectivity index (χ2n) is 5.18. The summed E-state index contributed by atoms with van der Waals surface area (Å²) in [6, 6.07) is 0.661. The van der Waals surface area contributed by atoms with Gasteiger partial charge in [-0.1, -0.05) is 0 Å². The highest BCUT2D eigenvalue weighted by Gasteiger charge is 2.37. The van der Waals surface area contributed by atoms with E-state index in [1.807, 2.05) is 4.90 Å². The first-order valence-corrected chi connectivity index (χ1v) is 6.48. The Balaban J connectivity index is 1.60. The minimum absolute atomic E-state index is 0.133. The number of nitrogens with zero attached hydrogens (tertiary/aromatic N) is 1. The Kier molecular flexibility index (Phi) is 2.86. The Hall–Kier alpha value is -0.610. The average Bonchev–Trinajstić information content (AvgIpc) is 2.98. The van der Waals surface area contributed by atoms with E-state index < -0.39 is 0 Å². The van der Waals surface area contributed by atoms with Crippen molar-refractivity contribution in [3.05, 3.63) is 0 Å². The van der Waals surface area contributed by atoms with Gasteiger partial charge in [-0.25, -0.2) is 0 Å². The molecular formula is C12H20N2O2. The Morgan fingerprint density at radius 3 is 3.06 bits per heavy atom. The molecule has 3 atom stereocenters. The predicted octanol–water partition coefficient (Wildman–Crippen LogP) is 0.376. The van der Waals surface area contributed by atoms with Crippen LogP contribution in [-0.4, -0.2) is 49.2 Å². The van der Waals surface area contributed by atoms with Gasteiger partial charge in [0.1, 0.15) is 6.10 Å². The van der Waals surface area contributed by atoms with Crippen LogP contribution in [0.15, 0.2) is 0 Å². The van der Waals surface area contributed by atoms with E-state index in [4.69, 9.17) is 4.74 Å². The Morgan fingerprint density at radius 1 is 1.31 bits per heavy atom. The first-order valence-electron chi connectivity index (χ1n) is 6.48. The molecule has 0 spiro atoms. The summed E-state index contributed by atoms with van der Waals surface area (Å²) in [6.07, 6.45) is 4.16. The van der Waals surface area contributed by atoms with Crippen LogP contribution in [0.4, 0.5) is 0 Å². The van der Waals surface area contributed by atoms with Crippen molar-refractivity contribution in [3.8, 4) is 0 Å². The molecule has 0 aromatic carbocycles. The number of rotatable bonds is 1. The van der Waals surface area contributed by atoms with Crippen molar-refractivity contribution in [1.29, 1.82) is 0 Å². The highest BCUT2D eigenvalue weighted by molar-refractivity contribution is 5.81. The quantitative estimate of drug-likeness (QED) is 0.700. The van der Waals surface area contributed by atoms with Gasteiger partial charge in [-0.05, 0) is 38.1 Å². The maximum absolute atomic E-state index is 12.2. The largest absolute Gasteiger partial charge is 0.368 e. The summed E-state index contributed by atoms with van der Waals surface area (Å²) >= 11 is 0. The van der Waals surface area contributed by atoms with Crippen molar-refractivity contribution >= 4 is 5.91 Å². The molecule has 3 aliphatic rings. The third-order valence-corrected chi connectivity index (χ3v) is 4.17. The fraction of sp³-hybridized carbons (Fsp3) is 0.917. The van der Waals surface area contributed by atoms with Gasteiger partial charge in [0, 0.05) is 25.7 Å². The summed E-state index contributed by atoms with van der Waals surface area (Å²) in [5.41, 5.74) is 0. The Bertz CT molecular complexity index is 276. The number of fused-ring (bicyclic) bond motifs is 1. The number of ether oxygens (including phenoxy) is 1. The number of hydrogen-bond acceptors (Lipinski definition) is 3. The second-order valence-corrected chi connectivity index (χ2v) is 5.18. The van der Waals surface area contributed by atoms with Crippen molar-refractivity contribution in [2.75, 3.05) is 26.2 Å². The summed E-state index contributed by atoms with van der Waals surface area (Å²) in [6.45, 7) is 3.73. The number of piperidine rings is 1. The molecule has 0 aliphatic carbocycles. The molecule has 0 aromatic heterocycles. The first-order chi connectivity index (χ1) is 7.84. The number of likely N-dealkylation sites (tertiary alicyclic amines) is 1. The zero-order valence-electron chi connectivity index (χ0n) is 9.65. The maximum Gasteiger partial charge on any atom is 0.251 e. The molecule has 0 bridgehead atoms. The number of carbonyl (C=O) groups is 1. The molecule has 0 radical (unpaired) electrons. The lowest BCUT2D eigenvalue weighted by Crippen LogP contribution is -2.49. The van der Waals surface area contributed by atoms with Crippen molar-refractivity contribution in [1.82, 2.24) is 10.2 Å². The van der Waals surface area contributed by atoms with Gasteiger partial charge in [-0.15, -0.1) is 0 Å². The van der Waals surface area contributed by atoms with Gasteiger partial charge >= 0.3 is 0 Å². The number of carbonyl (C=O) groups excluding carboxylic acids is 1. The predicted molar refractivity (Wildman–Crippen MR) is 60.1 cm³/mol. The number of hydrogen-bond donors (Lipinski definition) is 1. The highest BCUT2D eigenvalue weighted by atomic mass is 16.5. The second kappa shape index (κ2) is 4.34. The summed E-state index contributed by atoms with van der Waals surface area (Å²) in [4.78, 5) is 14.2. The molecule has 0 saturated carbocycles. The van der Waals surface area contributed by atoms with E-state index in [2.05, 4.69) is 5.32 Å². The minimum atomic E-state index is -0.133. The molecule has 1 N–H and O–H groups in total. The summed E-state index contributed by atoms with van der Waals surface area (Å²) in [5, 5.41) is 3.52. The summed E-state index contributed by atoms with van der Waals surface area (Å²) in [5.74, 6) is 0.918. The number of nitrogens with one attached hydrogen (secondary N) is 1. The monoisotopic (exact) mass is 224 g/mol. The lowest BCUT2D eigenvalue weighted by molar-refractivity contribution is -0.142. The van der Waals surface area contributed by atoms with Gasteiger partial charge in [0.05, 0.1) is 0 Å². The normalized spacial score (nSPS) is 38.8. The molecule has 2 unspecified atom stereocenters. The first kappa shape index (κ1) is 10.5. The topological polar surface area (TPSA) is 41.6 Å². The van der Waals surface area contributed by atoms with E-state index >= 15 is 0 Å². The van der Waals surface area contributed by atoms with Gasteiger partial charge in [-0.3, -0.25) is 4.79 Å². The molecule has 0 aromatic rings. The van der Waals surface area contributed by atoms with Crippen LogP contribution in [-0.2, 0) is 9.53 Å². The average molecular weight is 224 g/mol. The van der Waals surface area contributed by atoms with Crippen LogP contribution >= 0.6 is 0 Å². The maximum atomic E-state index is 12.2. The van der Waals surface area contributed by atoms with Crippen molar-refractivity contribution < 1.29 is 9.53 Å². The molecule has 16 heavy (non-hydrogen) atoms. The van der Waals surface area contributed by atoms with Gasteiger partial charge in [0.2, 0.25) is 0 Å². The van der Waals surface area contributed by atoms with E-state index in [1.165, 1.54) is 6.42 Å². The zero-order chi connectivity index (χ0) is 11.0. The van der Waals surface area contributed by atoms with Crippen LogP contribution in [0.1, 0.15) is 25.7 Å². The van der Waals surface area contributed by atoms with E-state index in [0.29, 0.717) is 12.0 Å². The summed E-state index contributed by atoms with van der Waals surface area (Å²) < 4.78 is 5.47. The molecule has 3 rings (SSSR count). The fourth-order valence-corrected chi connectivity index (χ4v) is 3.22. The van der Waals surface area contributed by atoms with Crippen molar-refractivity contribution in [2.24, 2.45) is 5.92 Å². The van der Waals surface area contributed by atoms with Crippen LogP contribution < -0.4 is 5.32 Å². The SMILES string of the molecule is O=C([C@@H]1CCCO1)N1CCC2NCCC2C1. The lowest BCUT2D eigenvalue weighted by atomic mass is 9.93. The molecule has 90 valence electrons. The molecule has 4 heteroatoms. The van der Waals surface area contributed by atoms with Gasteiger partial charge in [-0.2, -0.15) is 0 Å². The van der Waals surface area contributed by atoms with E-state index in [1.54, 1.807) is 0 Å². The van der Waals surface area contributed by atoms with Crippen LogP contribution in [0.2, 0.25) is 0 Å². The fourth-order valence-electron chi connectivity index (χ4n) is 3.22. The molecule has 3 heterocycles. The third kappa shape index (κ3) is 1.84. The van der Waals surface area contributed by atoms with Crippen LogP contribution in [0, 0.1) is 5.92 Å². The smallest absolute Gasteiger partial charge is 0.251 e. The van der Waals surface area contributed by atoms with Crippen LogP contribution in [0.25, 0.3) is 0 Å². The molecule has 3 saturated heterocycles. The molecular weight excluding hydrogens is 204 g/mol. The minimum Gasteiger partial charge on any atom is -0.368 e. The Labute approximate surface area is 96.3 Å². The number of amides is 1. The molecule has 3 fully saturated rings. The molecule has 1 amide bonds. The highest BCUT2D eigenvalue weighted by Crippen LogP contribution is 2.26. The van der Waals surface area contributed by atoms with E-state index in [9.17, 15) is 4.79 Å². The zero-order valence-corrected chi connectivity index (χ0v) is 9.65. The standard InChI is InChI=1S/C12H20N2O2/c15-12(11-2-1-7-16-11)14-6-4-10-9(8-14)3-5-13-10/h9-11,13H,1-8H2/t9?,10?,11-/m0/s1. The van der Waals surface area contributed by atoms with Gasteiger partial charge < -0.3 is 15.0 Å². The van der Waals surface area contributed by atoms with Gasteiger partial charge in [0.15, 0.2) is 0 Å². The van der Waals surface area contributed by atoms with Gasteiger partial charge in [0.25, 0.3) is 5.91 Å². The van der Waals surface area contributed by atoms with E-state index in [0.717, 1.165) is 45.5 Å². The molecule has 3 aliphatic heterocycles. The summed E-state index contributed by atoms with van der Waals surface area (Å²) in [7, 11) is 0. The Morgan fingerprint density at radius 2 is 2.25 bits per heavy atom. The lowest BCUT2D eigenvalue weighted by Gasteiger charge is -2.35. The van der Waals surface area contributed by atoms with Crippen molar-refractivity contribution in [2.45, 2.75) is 37.8 Å². The van der Waals surface area contributed by atoms with Crippen LogP contribution in [0.3, 0.4) is 0 Å². The van der Waals surface area contributed by atoms with Crippen molar-refractivity contribution in [3.63, 3.8) is 0 Å². The third-order valence-electron chi connectivity index (χ3n) is 4.17.